The van der Waals surface area contributed by atoms with Gasteiger partial charge in [0.15, 0.2) is 0 Å². The molecule has 1 N–H and O–H groups in total. The van der Waals surface area contributed by atoms with Crippen molar-refractivity contribution in [1.82, 2.24) is 9.88 Å². The lowest BCUT2D eigenvalue weighted by Gasteiger charge is -2.27. The van der Waals surface area contributed by atoms with Gasteiger partial charge in [0.1, 0.15) is 5.82 Å². The van der Waals surface area contributed by atoms with E-state index in [4.69, 9.17) is 0 Å². The molecule has 0 fully saturated rings. The SMILES string of the molecule is CCNc1ncccc1C(=O)N(C)CC(C)(C)C. The van der Waals surface area contributed by atoms with E-state index in [0.29, 0.717) is 17.9 Å². The zero-order chi connectivity index (χ0) is 13.8. The van der Waals surface area contributed by atoms with Crippen LogP contribution in [0.1, 0.15) is 38.1 Å². The first-order valence-corrected chi connectivity index (χ1v) is 6.29. The summed E-state index contributed by atoms with van der Waals surface area (Å²) < 4.78 is 0. The van der Waals surface area contributed by atoms with Crippen LogP contribution in [0.5, 0.6) is 0 Å². The van der Waals surface area contributed by atoms with E-state index in [9.17, 15) is 4.79 Å². The maximum absolute atomic E-state index is 12.4. The van der Waals surface area contributed by atoms with Crippen molar-refractivity contribution in [3.8, 4) is 0 Å². The first-order valence-electron chi connectivity index (χ1n) is 6.29. The lowest BCUT2D eigenvalue weighted by molar-refractivity contribution is 0.0746. The van der Waals surface area contributed by atoms with Crippen LogP contribution in [-0.4, -0.2) is 35.9 Å². The Labute approximate surface area is 109 Å². The Morgan fingerprint density at radius 1 is 1.44 bits per heavy atom. The van der Waals surface area contributed by atoms with Gasteiger partial charge in [-0.3, -0.25) is 4.79 Å². The zero-order valence-corrected chi connectivity index (χ0v) is 11.9. The van der Waals surface area contributed by atoms with Gasteiger partial charge >= 0.3 is 0 Å². The van der Waals surface area contributed by atoms with Crippen molar-refractivity contribution < 1.29 is 4.79 Å². The molecule has 4 heteroatoms. The molecule has 0 saturated carbocycles. The predicted octanol–water partition coefficient (Wildman–Crippen LogP) is 2.63. The van der Waals surface area contributed by atoms with Crippen LogP contribution in [-0.2, 0) is 0 Å². The van der Waals surface area contributed by atoms with Gasteiger partial charge in [-0.25, -0.2) is 4.98 Å². The van der Waals surface area contributed by atoms with Crippen molar-refractivity contribution in [2.45, 2.75) is 27.7 Å². The Bertz CT molecular complexity index is 410. The number of amides is 1. The highest BCUT2D eigenvalue weighted by Crippen LogP contribution is 2.18. The molecule has 1 heterocycles. The number of anilines is 1. The number of hydrogen-bond donors (Lipinski definition) is 1. The smallest absolute Gasteiger partial charge is 0.257 e. The number of pyridine rings is 1. The predicted molar refractivity (Wildman–Crippen MR) is 74.8 cm³/mol. The molecule has 0 atom stereocenters. The topological polar surface area (TPSA) is 45.2 Å². The molecule has 0 radical (unpaired) electrons. The molecule has 100 valence electrons. The molecule has 1 rings (SSSR count). The first kappa shape index (κ1) is 14.5. The number of carbonyl (C=O) groups is 1. The zero-order valence-electron chi connectivity index (χ0n) is 11.9. The quantitative estimate of drug-likeness (QED) is 0.892. The van der Waals surface area contributed by atoms with E-state index in [-0.39, 0.29) is 11.3 Å². The summed E-state index contributed by atoms with van der Waals surface area (Å²) in [6.45, 7) is 9.80. The Morgan fingerprint density at radius 2 is 2.11 bits per heavy atom. The highest BCUT2D eigenvalue weighted by molar-refractivity contribution is 5.98. The molecule has 4 nitrogen and oxygen atoms in total. The maximum atomic E-state index is 12.4. The van der Waals surface area contributed by atoms with Crippen molar-refractivity contribution in [2.75, 3.05) is 25.5 Å². The van der Waals surface area contributed by atoms with Gasteiger partial charge in [-0.2, -0.15) is 0 Å². The molecule has 0 spiro atoms. The second-order valence-corrected chi connectivity index (χ2v) is 5.65. The van der Waals surface area contributed by atoms with Crippen LogP contribution in [0.2, 0.25) is 0 Å². The third-order valence-electron chi connectivity index (χ3n) is 2.44. The van der Waals surface area contributed by atoms with Crippen molar-refractivity contribution >= 4 is 11.7 Å². The first-order chi connectivity index (χ1) is 8.35. The fraction of sp³-hybridized carbons (Fsp3) is 0.571. The normalized spacial score (nSPS) is 11.2. The molecule has 1 aromatic heterocycles. The van der Waals surface area contributed by atoms with Gasteiger partial charge in [0.2, 0.25) is 0 Å². The third kappa shape index (κ3) is 4.02. The second-order valence-electron chi connectivity index (χ2n) is 5.65. The number of rotatable bonds is 4. The van der Waals surface area contributed by atoms with Crippen molar-refractivity contribution in [1.29, 1.82) is 0 Å². The standard InChI is InChI=1S/C14H23N3O/c1-6-15-12-11(8-7-9-16-12)13(18)17(5)10-14(2,3)4/h7-9H,6,10H2,1-5H3,(H,15,16). The minimum Gasteiger partial charge on any atom is -0.370 e. The summed E-state index contributed by atoms with van der Waals surface area (Å²) >= 11 is 0. The van der Waals surface area contributed by atoms with Crippen LogP contribution in [0.3, 0.4) is 0 Å². The molecule has 0 bridgehead atoms. The molecule has 0 aliphatic rings. The third-order valence-corrected chi connectivity index (χ3v) is 2.44. The van der Waals surface area contributed by atoms with Gasteiger partial charge in [0.05, 0.1) is 5.56 Å². The van der Waals surface area contributed by atoms with Crippen LogP contribution in [0.15, 0.2) is 18.3 Å². The summed E-state index contributed by atoms with van der Waals surface area (Å²) in [7, 11) is 1.83. The molecule has 0 aromatic carbocycles. The van der Waals surface area contributed by atoms with E-state index in [2.05, 4.69) is 31.1 Å². The summed E-state index contributed by atoms with van der Waals surface area (Å²) in [6.07, 6.45) is 1.69. The molecular weight excluding hydrogens is 226 g/mol. The fourth-order valence-electron chi connectivity index (χ4n) is 1.88. The largest absolute Gasteiger partial charge is 0.370 e. The van der Waals surface area contributed by atoms with Crippen LogP contribution in [0.4, 0.5) is 5.82 Å². The van der Waals surface area contributed by atoms with E-state index in [0.717, 1.165) is 6.54 Å². The minimum atomic E-state index is 0.00831. The summed E-state index contributed by atoms with van der Waals surface area (Å²) in [5.74, 6) is 0.666. The van der Waals surface area contributed by atoms with E-state index in [1.807, 2.05) is 20.0 Å². The molecule has 1 amide bonds. The van der Waals surface area contributed by atoms with E-state index >= 15 is 0 Å². The summed E-state index contributed by atoms with van der Waals surface area (Å²) in [5, 5.41) is 3.12. The lowest BCUT2D eigenvalue weighted by atomic mass is 9.96. The van der Waals surface area contributed by atoms with Crippen molar-refractivity contribution in [3.05, 3.63) is 23.9 Å². The summed E-state index contributed by atoms with van der Waals surface area (Å²) in [6, 6.07) is 3.60. The highest BCUT2D eigenvalue weighted by atomic mass is 16.2. The van der Waals surface area contributed by atoms with Crippen LogP contribution < -0.4 is 5.32 Å². The van der Waals surface area contributed by atoms with Crippen LogP contribution in [0, 0.1) is 5.41 Å². The summed E-state index contributed by atoms with van der Waals surface area (Å²) in [5.41, 5.74) is 0.719. The average molecular weight is 249 g/mol. The number of nitrogens with one attached hydrogen (secondary N) is 1. The molecular formula is C14H23N3O. The molecule has 0 saturated heterocycles. The Balaban J connectivity index is 2.89. The lowest BCUT2D eigenvalue weighted by Crippen LogP contribution is -2.35. The molecule has 0 unspecified atom stereocenters. The number of nitrogens with zero attached hydrogens (tertiary/aromatic N) is 2. The second kappa shape index (κ2) is 5.85. The molecule has 0 aliphatic carbocycles. The number of aromatic nitrogens is 1. The fourth-order valence-corrected chi connectivity index (χ4v) is 1.88. The highest BCUT2D eigenvalue weighted by Gasteiger charge is 2.21. The minimum absolute atomic E-state index is 0.00831. The van der Waals surface area contributed by atoms with Gasteiger partial charge in [-0.1, -0.05) is 20.8 Å². The van der Waals surface area contributed by atoms with Crippen LogP contribution >= 0.6 is 0 Å². The molecule has 0 aliphatic heterocycles. The van der Waals surface area contributed by atoms with E-state index in [1.165, 1.54) is 0 Å². The Kier molecular flexibility index (Phi) is 4.70. The van der Waals surface area contributed by atoms with Gasteiger partial charge in [-0.05, 0) is 24.5 Å². The maximum Gasteiger partial charge on any atom is 0.257 e. The number of hydrogen-bond acceptors (Lipinski definition) is 3. The number of carbonyl (C=O) groups excluding carboxylic acids is 1. The average Bonchev–Trinajstić information content (AvgIpc) is 2.27. The van der Waals surface area contributed by atoms with Gasteiger partial charge < -0.3 is 10.2 Å². The van der Waals surface area contributed by atoms with Gasteiger partial charge in [0, 0.05) is 26.3 Å². The van der Waals surface area contributed by atoms with Gasteiger partial charge in [0.25, 0.3) is 5.91 Å². The van der Waals surface area contributed by atoms with Crippen molar-refractivity contribution in [3.63, 3.8) is 0 Å². The molecule has 1 aromatic rings. The van der Waals surface area contributed by atoms with Crippen molar-refractivity contribution in [2.24, 2.45) is 5.41 Å². The monoisotopic (exact) mass is 249 g/mol. The summed E-state index contributed by atoms with van der Waals surface area (Å²) in [4.78, 5) is 18.3. The molecule has 18 heavy (non-hydrogen) atoms. The van der Waals surface area contributed by atoms with E-state index in [1.54, 1.807) is 17.2 Å². The van der Waals surface area contributed by atoms with Gasteiger partial charge in [-0.15, -0.1) is 0 Å². The van der Waals surface area contributed by atoms with Crippen LogP contribution in [0.25, 0.3) is 0 Å². The Hall–Kier alpha value is -1.58. The Morgan fingerprint density at radius 3 is 2.67 bits per heavy atom. The van der Waals surface area contributed by atoms with E-state index < -0.39 is 0 Å².